The van der Waals surface area contributed by atoms with E-state index in [1.165, 1.54) is 14.0 Å². The fourth-order valence-electron chi connectivity index (χ4n) is 2.09. The van der Waals surface area contributed by atoms with Crippen LogP contribution in [0.5, 0.6) is 17.2 Å². The molecule has 0 aromatic heterocycles. The first-order valence-electron chi connectivity index (χ1n) is 8.04. The molecule has 2 aromatic rings. The zero-order valence-electron chi connectivity index (χ0n) is 14.9. The number of esters is 1. The Hall–Kier alpha value is -2.82. The third kappa shape index (κ3) is 5.08. The average Bonchev–Trinajstić information content (AvgIpc) is 2.60. The normalized spacial score (nSPS) is 10.4. The zero-order valence-corrected chi connectivity index (χ0v) is 14.9. The summed E-state index contributed by atoms with van der Waals surface area (Å²) in [6.07, 6.45) is 0. The Labute approximate surface area is 147 Å². The molecular formula is C20H22O5. The molecule has 0 bridgehead atoms. The standard InChI is InChI=1S/C20H22O5/c1-13(2)12-24-18-10-7-16(11-19(18)23-4)20(22)25-17-8-5-15(6-9-17)14(3)21/h5-11,13H,12H2,1-4H3. The van der Waals surface area contributed by atoms with E-state index >= 15 is 0 Å². The van der Waals surface area contributed by atoms with Crippen molar-refractivity contribution in [2.24, 2.45) is 5.92 Å². The minimum Gasteiger partial charge on any atom is -0.493 e. The Morgan fingerprint density at radius 3 is 2.16 bits per heavy atom. The lowest BCUT2D eigenvalue weighted by Crippen LogP contribution is -2.10. The lowest BCUT2D eigenvalue weighted by atomic mass is 10.1. The van der Waals surface area contributed by atoms with Gasteiger partial charge >= 0.3 is 5.97 Å². The maximum Gasteiger partial charge on any atom is 0.343 e. The van der Waals surface area contributed by atoms with Crippen LogP contribution in [0.4, 0.5) is 0 Å². The van der Waals surface area contributed by atoms with Crippen LogP contribution in [-0.2, 0) is 0 Å². The van der Waals surface area contributed by atoms with Crippen molar-refractivity contribution in [3.8, 4) is 17.2 Å². The summed E-state index contributed by atoms with van der Waals surface area (Å²) in [5.74, 6) is 1.26. The van der Waals surface area contributed by atoms with E-state index in [1.807, 2.05) is 0 Å². The van der Waals surface area contributed by atoms with Gasteiger partial charge in [0.15, 0.2) is 17.3 Å². The van der Waals surface area contributed by atoms with Crippen molar-refractivity contribution in [2.75, 3.05) is 13.7 Å². The predicted molar refractivity (Wildman–Crippen MR) is 94.7 cm³/mol. The number of hydrogen-bond acceptors (Lipinski definition) is 5. The van der Waals surface area contributed by atoms with Gasteiger partial charge in [-0.2, -0.15) is 0 Å². The average molecular weight is 342 g/mol. The van der Waals surface area contributed by atoms with Crippen molar-refractivity contribution >= 4 is 11.8 Å². The van der Waals surface area contributed by atoms with Gasteiger partial charge in [-0.3, -0.25) is 4.79 Å². The van der Waals surface area contributed by atoms with E-state index < -0.39 is 5.97 Å². The number of carbonyl (C=O) groups excluding carboxylic acids is 2. The van der Waals surface area contributed by atoms with Gasteiger partial charge in [-0.1, -0.05) is 13.8 Å². The van der Waals surface area contributed by atoms with E-state index in [1.54, 1.807) is 42.5 Å². The van der Waals surface area contributed by atoms with Gasteiger partial charge in [-0.15, -0.1) is 0 Å². The third-order valence-electron chi connectivity index (χ3n) is 3.44. The zero-order chi connectivity index (χ0) is 18.4. The summed E-state index contributed by atoms with van der Waals surface area (Å²) in [5.41, 5.74) is 0.914. The number of ketones is 1. The summed E-state index contributed by atoms with van der Waals surface area (Å²) in [6.45, 7) is 6.14. The molecule has 0 saturated carbocycles. The largest absolute Gasteiger partial charge is 0.493 e. The van der Waals surface area contributed by atoms with Crippen LogP contribution in [0.3, 0.4) is 0 Å². The summed E-state index contributed by atoms with van der Waals surface area (Å²) < 4.78 is 16.3. The highest BCUT2D eigenvalue weighted by molar-refractivity contribution is 5.94. The second-order valence-electron chi connectivity index (χ2n) is 6.04. The number of methoxy groups -OCH3 is 1. The van der Waals surface area contributed by atoms with Gasteiger partial charge < -0.3 is 14.2 Å². The number of ether oxygens (including phenoxy) is 3. The second-order valence-corrected chi connectivity index (χ2v) is 6.04. The molecule has 0 amide bonds. The lowest BCUT2D eigenvalue weighted by molar-refractivity contribution is 0.0734. The molecule has 0 aliphatic rings. The molecule has 5 nitrogen and oxygen atoms in total. The third-order valence-corrected chi connectivity index (χ3v) is 3.44. The van der Waals surface area contributed by atoms with Crippen molar-refractivity contribution < 1.29 is 23.8 Å². The lowest BCUT2D eigenvalue weighted by Gasteiger charge is -2.13. The smallest absolute Gasteiger partial charge is 0.343 e. The van der Waals surface area contributed by atoms with Crippen molar-refractivity contribution in [3.05, 3.63) is 53.6 Å². The van der Waals surface area contributed by atoms with Crippen molar-refractivity contribution in [1.29, 1.82) is 0 Å². The van der Waals surface area contributed by atoms with E-state index in [2.05, 4.69) is 13.8 Å². The minimum atomic E-state index is -0.510. The highest BCUT2D eigenvalue weighted by Gasteiger charge is 2.14. The van der Waals surface area contributed by atoms with Crippen LogP contribution in [0.25, 0.3) is 0 Å². The summed E-state index contributed by atoms with van der Waals surface area (Å²) in [4.78, 5) is 23.6. The summed E-state index contributed by atoms with van der Waals surface area (Å²) in [6, 6.07) is 11.3. The molecule has 0 aliphatic carbocycles. The maximum atomic E-state index is 12.3. The molecule has 2 aromatic carbocycles. The van der Waals surface area contributed by atoms with Crippen LogP contribution in [0, 0.1) is 5.92 Å². The van der Waals surface area contributed by atoms with Crippen LogP contribution < -0.4 is 14.2 Å². The predicted octanol–water partition coefficient (Wildman–Crippen LogP) is 4.15. The van der Waals surface area contributed by atoms with E-state index in [-0.39, 0.29) is 5.78 Å². The molecule has 0 heterocycles. The molecule has 0 spiro atoms. The topological polar surface area (TPSA) is 61.8 Å². The highest BCUT2D eigenvalue weighted by atomic mass is 16.5. The number of rotatable bonds is 7. The molecule has 0 aliphatic heterocycles. The SMILES string of the molecule is COc1cc(C(=O)Oc2ccc(C(C)=O)cc2)ccc1OCC(C)C. The quantitative estimate of drug-likeness (QED) is 0.430. The van der Waals surface area contributed by atoms with Crippen LogP contribution in [0.2, 0.25) is 0 Å². The van der Waals surface area contributed by atoms with Gasteiger partial charge in [0, 0.05) is 5.56 Å². The van der Waals surface area contributed by atoms with E-state index in [0.29, 0.717) is 40.9 Å². The number of carbonyl (C=O) groups is 2. The van der Waals surface area contributed by atoms with E-state index in [9.17, 15) is 9.59 Å². The fourth-order valence-corrected chi connectivity index (χ4v) is 2.09. The van der Waals surface area contributed by atoms with E-state index in [0.717, 1.165) is 0 Å². The van der Waals surface area contributed by atoms with Crippen LogP contribution in [0.15, 0.2) is 42.5 Å². The molecule has 5 heteroatoms. The van der Waals surface area contributed by atoms with Gasteiger partial charge in [0.05, 0.1) is 19.3 Å². The van der Waals surface area contributed by atoms with Crippen LogP contribution >= 0.6 is 0 Å². The van der Waals surface area contributed by atoms with Crippen molar-refractivity contribution in [3.63, 3.8) is 0 Å². The Morgan fingerprint density at radius 2 is 1.60 bits per heavy atom. The van der Waals surface area contributed by atoms with Gasteiger partial charge in [0.25, 0.3) is 0 Å². The molecule has 132 valence electrons. The fraction of sp³-hybridized carbons (Fsp3) is 0.300. The van der Waals surface area contributed by atoms with Crippen molar-refractivity contribution in [2.45, 2.75) is 20.8 Å². The minimum absolute atomic E-state index is 0.0420. The first-order chi connectivity index (χ1) is 11.9. The molecule has 0 N–H and O–H groups in total. The van der Waals surface area contributed by atoms with Crippen LogP contribution in [0.1, 0.15) is 41.5 Å². The molecular weight excluding hydrogens is 320 g/mol. The Kier molecular flexibility index (Phi) is 6.17. The first kappa shape index (κ1) is 18.5. The molecule has 0 fully saturated rings. The van der Waals surface area contributed by atoms with Gasteiger partial charge in [0.2, 0.25) is 0 Å². The number of Topliss-reactive ketones (excluding diaryl/α,β-unsaturated/α-hetero) is 1. The number of hydrogen-bond donors (Lipinski definition) is 0. The molecule has 25 heavy (non-hydrogen) atoms. The molecule has 0 atom stereocenters. The van der Waals surface area contributed by atoms with Gasteiger partial charge in [-0.05, 0) is 55.3 Å². The Bertz CT molecular complexity index is 747. The molecule has 0 radical (unpaired) electrons. The highest BCUT2D eigenvalue weighted by Crippen LogP contribution is 2.29. The van der Waals surface area contributed by atoms with Gasteiger partial charge in [-0.25, -0.2) is 4.79 Å². The Balaban J connectivity index is 2.11. The molecule has 2 rings (SSSR count). The molecule has 0 saturated heterocycles. The van der Waals surface area contributed by atoms with Crippen LogP contribution in [-0.4, -0.2) is 25.5 Å². The first-order valence-corrected chi connectivity index (χ1v) is 8.04. The summed E-state index contributed by atoms with van der Waals surface area (Å²) in [5, 5.41) is 0. The summed E-state index contributed by atoms with van der Waals surface area (Å²) >= 11 is 0. The number of benzene rings is 2. The molecule has 0 unspecified atom stereocenters. The van der Waals surface area contributed by atoms with Gasteiger partial charge in [0.1, 0.15) is 5.75 Å². The van der Waals surface area contributed by atoms with Crippen molar-refractivity contribution in [1.82, 2.24) is 0 Å². The summed E-state index contributed by atoms with van der Waals surface area (Å²) in [7, 11) is 1.52. The second kappa shape index (κ2) is 8.33. The Morgan fingerprint density at radius 1 is 0.960 bits per heavy atom. The monoisotopic (exact) mass is 342 g/mol. The van der Waals surface area contributed by atoms with E-state index in [4.69, 9.17) is 14.2 Å². The maximum absolute atomic E-state index is 12.3.